The number of phenolic OH excluding ortho intramolecular Hbond substituents is 2. The second-order valence-electron chi connectivity index (χ2n) is 6.27. The molecule has 0 bridgehead atoms. The molecule has 120 valence electrons. The Bertz CT molecular complexity index is 734. The van der Waals surface area contributed by atoms with Crippen LogP contribution in [0.3, 0.4) is 0 Å². The lowest BCUT2D eigenvalue weighted by Crippen LogP contribution is -2.49. The van der Waals surface area contributed by atoms with E-state index in [-0.39, 0.29) is 23.9 Å². The molecule has 4 N–H and O–H groups in total. The number of hydrogen-bond acceptors (Lipinski definition) is 6. The van der Waals surface area contributed by atoms with Gasteiger partial charge in [-0.1, -0.05) is 12.2 Å². The summed E-state index contributed by atoms with van der Waals surface area (Å²) < 4.78 is 5.57. The fraction of sp³-hybridized carbons (Fsp3) is 0.353. The van der Waals surface area contributed by atoms with Gasteiger partial charge in [-0.05, 0) is 35.4 Å². The number of carbonyl (C=O) groups excluding carboxylic acids is 1. The van der Waals surface area contributed by atoms with Gasteiger partial charge in [-0.15, -0.1) is 0 Å². The van der Waals surface area contributed by atoms with E-state index < -0.39 is 29.6 Å². The molecule has 6 nitrogen and oxygen atoms in total. The van der Waals surface area contributed by atoms with Gasteiger partial charge in [-0.3, -0.25) is 4.79 Å². The maximum Gasteiger partial charge on any atom is 0.178 e. The largest absolute Gasteiger partial charge is 0.504 e. The fourth-order valence-corrected chi connectivity index (χ4v) is 4.04. The van der Waals surface area contributed by atoms with E-state index in [1.54, 1.807) is 12.2 Å². The molecule has 1 heterocycles. The molecule has 0 aromatic heterocycles. The van der Waals surface area contributed by atoms with Crippen LogP contribution in [-0.2, 0) is 14.9 Å². The molecule has 4 atom stereocenters. The van der Waals surface area contributed by atoms with Crippen LogP contribution in [0.4, 0.5) is 0 Å². The minimum atomic E-state index is -1.04. The van der Waals surface area contributed by atoms with Crippen molar-refractivity contribution < 1.29 is 30.0 Å². The topological polar surface area (TPSA) is 107 Å². The zero-order chi connectivity index (χ0) is 16.4. The number of benzene rings is 1. The van der Waals surface area contributed by atoms with Gasteiger partial charge in [0.05, 0.1) is 18.8 Å². The Labute approximate surface area is 132 Å². The average Bonchev–Trinajstić information content (AvgIpc) is 2.92. The first-order chi connectivity index (χ1) is 10.9. The molecule has 23 heavy (non-hydrogen) atoms. The first kappa shape index (κ1) is 14.4. The average molecular weight is 316 g/mol. The number of allylic oxidation sites excluding steroid dienone is 4. The van der Waals surface area contributed by atoms with E-state index in [0.717, 1.165) is 0 Å². The summed E-state index contributed by atoms with van der Waals surface area (Å²) in [6, 6.07) is 2.68. The number of carbonyl (C=O) groups is 1. The van der Waals surface area contributed by atoms with Crippen LogP contribution in [0, 0.1) is 5.92 Å². The summed E-state index contributed by atoms with van der Waals surface area (Å²) in [7, 11) is 0. The number of ether oxygens (including phenoxy) is 1. The van der Waals surface area contributed by atoms with Crippen molar-refractivity contribution in [2.45, 2.75) is 23.7 Å². The highest BCUT2D eigenvalue weighted by Crippen LogP contribution is 2.54. The van der Waals surface area contributed by atoms with Gasteiger partial charge in [0.25, 0.3) is 0 Å². The second-order valence-corrected chi connectivity index (χ2v) is 6.27. The summed E-state index contributed by atoms with van der Waals surface area (Å²) in [5, 5.41) is 40.6. The van der Waals surface area contributed by atoms with Gasteiger partial charge in [0.15, 0.2) is 17.3 Å². The van der Waals surface area contributed by atoms with E-state index in [1.165, 1.54) is 24.3 Å². The molecular formula is C17H16O6. The number of aromatic hydroxyl groups is 2. The van der Waals surface area contributed by atoms with Crippen LogP contribution >= 0.6 is 0 Å². The van der Waals surface area contributed by atoms with E-state index in [0.29, 0.717) is 11.1 Å². The number of hydrogen-bond donors (Lipinski definition) is 4. The third-order valence-corrected chi connectivity index (χ3v) is 5.07. The molecule has 0 saturated carbocycles. The van der Waals surface area contributed by atoms with Gasteiger partial charge < -0.3 is 25.2 Å². The van der Waals surface area contributed by atoms with Gasteiger partial charge in [0.2, 0.25) is 0 Å². The fourth-order valence-electron chi connectivity index (χ4n) is 4.04. The van der Waals surface area contributed by atoms with Gasteiger partial charge in [0, 0.05) is 11.3 Å². The predicted octanol–water partition coefficient (Wildman–Crippen LogP) is 0.454. The third kappa shape index (κ3) is 1.83. The summed E-state index contributed by atoms with van der Waals surface area (Å²) in [5.74, 6) is -1.32. The first-order valence-electron chi connectivity index (χ1n) is 7.40. The third-order valence-electron chi connectivity index (χ3n) is 5.07. The number of phenols is 2. The lowest BCUT2D eigenvalue weighted by atomic mass is 9.59. The maximum absolute atomic E-state index is 11.6. The van der Waals surface area contributed by atoms with Crippen molar-refractivity contribution in [2.24, 2.45) is 5.92 Å². The van der Waals surface area contributed by atoms with Crippen LogP contribution in [0.15, 0.2) is 36.4 Å². The Balaban J connectivity index is 2.01. The van der Waals surface area contributed by atoms with E-state index in [9.17, 15) is 25.2 Å². The van der Waals surface area contributed by atoms with E-state index in [2.05, 4.69) is 0 Å². The molecule has 1 aromatic carbocycles. The monoisotopic (exact) mass is 316 g/mol. The van der Waals surface area contributed by atoms with Crippen molar-refractivity contribution in [3.8, 4) is 11.5 Å². The Morgan fingerprint density at radius 2 is 1.74 bits per heavy atom. The molecular weight excluding hydrogens is 300 g/mol. The zero-order valence-corrected chi connectivity index (χ0v) is 12.1. The molecule has 1 aromatic rings. The highest BCUT2D eigenvalue weighted by molar-refractivity contribution is 6.01. The number of rotatable bonds is 0. The van der Waals surface area contributed by atoms with Gasteiger partial charge >= 0.3 is 0 Å². The lowest BCUT2D eigenvalue weighted by Gasteiger charge is -2.46. The van der Waals surface area contributed by atoms with Crippen molar-refractivity contribution in [1.82, 2.24) is 0 Å². The predicted molar refractivity (Wildman–Crippen MR) is 78.9 cm³/mol. The second kappa shape index (κ2) is 4.67. The van der Waals surface area contributed by atoms with Crippen LogP contribution in [0.2, 0.25) is 0 Å². The van der Waals surface area contributed by atoms with E-state index >= 15 is 0 Å². The van der Waals surface area contributed by atoms with Crippen LogP contribution in [0.25, 0.3) is 0 Å². The normalized spacial score (nSPS) is 33.7. The quantitative estimate of drug-likeness (QED) is 0.518. The Morgan fingerprint density at radius 1 is 1.09 bits per heavy atom. The van der Waals surface area contributed by atoms with Gasteiger partial charge in [-0.25, -0.2) is 0 Å². The number of ketones is 1. The standard InChI is InChI=1S/C17H16O6/c18-8-1-3-17(4-2-8)10-6-12(20)11(19)5-9(10)15(22)16-14(17)13(21)7-23-16/h1-6,13-16,19-22H,7H2/t13-,14+,15+,16+/m1/s1. The Kier molecular flexibility index (Phi) is 2.93. The van der Waals surface area contributed by atoms with Crippen molar-refractivity contribution in [3.05, 3.63) is 47.6 Å². The molecule has 2 aliphatic carbocycles. The molecule has 1 fully saturated rings. The Morgan fingerprint density at radius 3 is 2.43 bits per heavy atom. The SMILES string of the molecule is O=C1C=CC2(C=C1)c1cc(O)c(O)cc1[C@H](O)[C@H]1OC[C@@H](O)[C@@H]12. The molecule has 0 amide bonds. The molecule has 3 aliphatic rings. The van der Waals surface area contributed by atoms with Crippen molar-refractivity contribution in [2.75, 3.05) is 6.61 Å². The van der Waals surface area contributed by atoms with Crippen LogP contribution < -0.4 is 0 Å². The Hall–Kier alpha value is -2.15. The van der Waals surface area contributed by atoms with Gasteiger partial charge in [0.1, 0.15) is 6.10 Å². The minimum Gasteiger partial charge on any atom is -0.504 e. The summed E-state index contributed by atoms with van der Waals surface area (Å²) in [6.45, 7) is 0.0791. The molecule has 0 unspecified atom stereocenters. The van der Waals surface area contributed by atoms with Crippen LogP contribution in [-0.4, -0.2) is 45.0 Å². The van der Waals surface area contributed by atoms with Crippen molar-refractivity contribution in [1.29, 1.82) is 0 Å². The van der Waals surface area contributed by atoms with Gasteiger partial charge in [-0.2, -0.15) is 0 Å². The van der Waals surface area contributed by atoms with Crippen molar-refractivity contribution in [3.63, 3.8) is 0 Å². The molecule has 4 rings (SSSR count). The van der Waals surface area contributed by atoms with E-state index in [1.807, 2.05) is 0 Å². The minimum absolute atomic E-state index is 0.0791. The molecule has 1 saturated heterocycles. The number of fused-ring (bicyclic) bond motifs is 4. The highest BCUT2D eigenvalue weighted by Gasteiger charge is 2.57. The summed E-state index contributed by atoms with van der Waals surface area (Å²) in [5.41, 5.74) is 0.0826. The maximum atomic E-state index is 11.6. The number of aliphatic hydroxyl groups excluding tert-OH is 2. The summed E-state index contributed by atoms with van der Waals surface area (Å²) in [4.78, 5) is 11.6. The summed E-state index contributed by atoms with van der Waals surface area (Å²) in [6.07, 6.45) is 3.65. The highest BCUT2D eigenvalue weighted by atomic mass is 16.5. The molecule has 0 radical (unpaired) electrons. The zero-order valence-electron chi connectivity index (χ0n) is 12.1. The lowest BCUT2D eigenvalue weighted by molar-refractivity contribution is -0.110. The summed E-state index contributed by atoms with van der Waals surface area (Å²) >= 11 is 0. The molecule has 6 heteroatoms. The van der Waals surface area contributed by atoms with Crippen LogP contribution in [0.1, 0.15) is 17.2 Å². The smallest absolute Gasteiger partial charge is 0.178 e. The first-order valence-corrected chi connectivity index (χ1v) is 7.40. The molecule has 1 aliphatic heterocycles. The molecule has 1 spiro atoms. The number of aliphatic hydroxyl groups is 2. The van der Waals surface area contributed by atoms with Crippen molar-refractivity contribution >= 4 is 5.78 Å². The van der Waals surface area contributed by atoms with E-state index in [4.69, 9.17) is 4.74 Å². The van der Waals surface area contributed by atoms with Crippen LogP contribution in [0.5, 0.6) is 11.5 Å².